The van der Waals surface area contributed by atoms with Gasteiger partial charge in [-0.3, -0.25) is 9.59 Å². The van der Waals surface area contributed by atoms with Gasteiger partial charge in [0.15, 0.2) is 0 Å². The molecule has 0 unspecified atom stereocenters. The summed E-state index contributed by atoms with van der Waals surface area (Å²) in [6.45, 7) is 13.6. The predicted octanol–water partition coefficient (Wildman–Crippen LogP) is 3.42. The summed E-state index contributed by atoms with van der Waals surface area (Å²) in [7, 11) is 0. The molecule has 0 heterocycles. The van der Waals surface area contributed by atoms with E-state index in [1.807, 2.05) is 0 Å². The molecule has 17 heavy (non-hydrogen) atoms. The van der Waals surface area contributed by atoms with Gasteiger partial charge in [-0.15, -0.1) is 0 Å². The second-order valence-corrected chi connectivity index (χ2v) is 2.75. The topological polar surface area (TPSA) is 74.6 Å². The van der Waals surface area contributed by atoms with Crippen LogP contribution in [0.3, 0.4) is 0 Å². The van der Waals surface area contributed by atoms with Gasteiger partial charge < -0.3 is 24.1 Å². The molecule has 0 bridgehead atoms. The Kier molecular flexibility index (Phi) is 63.7. The fourth-order valence-electron chi connectivity index (χ4n) is 0. The zero-order valence-electron chi connectivity index (χ0n) is 11.7. The maximum Gasteiger partial charge on any atom is 2.00 e. The van der Waals surface area contributed by atoms with E-state index in [2.05, 4.69) is 27.7 Å². The molecule has 0 rings (SSSR count). The van der Waals surface area contributed by atoms with Gasteiger partial charge in [-0.1, -0.05) is 26.7 Å². The van der Waals surface area contributed by atoms with Crippen LogP contribution in [0, 0.1) is 13.8 Å². The van der Waals surface area contributed by atoms with Crippen LogP contribution in [0.4, 0.5) is 0 Å². The third-order valence-corrected chi connectivity index (χ3v) is 0.707. The maximum absolute atomic E-state index is 9.00. The van der Waals surface area contributed by atoms with Gasteiger partial charge in [0, 0.05) is 13.8 Å². The first-order chi connectivity index (χ1) is 7.29. The Morgan fingerprint density at radius 1 is 0.882 bits per heavy atom. The number of rotatable bonds is 2. The maximum atomic E-state index is 9.00. The number of carboxylic acid groups (broad SMARTS) is 2. The Morgan fingerprint density at radius 2 is 0.941 bits per heavy atom. The monoisotopic (exact) mass is 298 g/mol. The summed E-state index contributed by atoms with van der Waals surface area (Å²) in [6.07, 6.45) is 4.56. The summed E-state index contributed by atoms with van der Waals surface area (Å²) in [5.41, 5.74) is 0. The van der Waals surface area contributed by atoms with E-state index in [1.54, 1.807) is 0 Å². The largest absolute Gasteiger partial charge is 2.00 e. The molecule has 0 aromatic heterocycles. The van der Waals surface area contributed by atoms with Gasteiger partial charge >= 0.3 is 19.5 Å². The fraction of sp³-hybridized carbons (Fsp3) is 0.667. The van der Waals surface area contributed by atoms with Crippen LogP contribution >= 0.6 is 0 Å². The second-order valence-electron chi connectivity index (χ2n) is 2.75. The molecule has 0 fully saturated rings. The Labute approximate surface area is 119 Å². The van der Waals surface area contributed by atoms with Crippen molar-refractivity contribution in [1.29, 1.82) is 0 Å². The van der Waals surface area contributed by atoms with Gasteiger partial charge in [0.2, 0.25) is 0 Å². The molecule has 0 aromatic carbocycles. The third kappa shape index (κ3) is 1170. The molecule has 100 valence electrons. The van der Waals surface area contributed by atoms with E-state index in [0.29, 0.717) is 0 Å². The molecular formula is C12H26O4Zn. The van der Waals surface area contributed by atoms with Crippen LogP contribution in [-0.4, -0.2) is 22.2 Å². The van der Waals surface area contributed by atoms with E-state index >= 15 is 0 Å². The van der Waals surface area contributed by atoms with Crippen molar-refractivity contribution in [3.8, 4) is 0 Å². The van der Waals surface area contributed by atoms with Gasteiger partial charge in [0.05, 0.1) is 0 Å². The average molecular weight is 300 g/mol. The second kappa shape index (κ2) is 36.1. The molecule has 0 spiro atoms. The third-order valence-electron chi connectivity index (χ3n) is 0.707. The van der Waals surface area contributed by atoms with Crippen LogP contribution in [0.15, 0.2) is 0 Å². The molecular weight excluding hydrogens is 274 g/mol. The van der Waals surface area contributed by atoms with Crippen LogP contribution in [0.1, 0.15) is 53.4 Å². The van der Waals surface area contributed by atoms with Crippen molar-refractivity contribution in [3.05, 3.63) is 13.8 Å². The summed E-state index contributed by atoms with van der Waals surface area (Å²) < 4.78 is 0. The zero-order chi connectivity index (χ0) is 14.0. The van der Waals surface area contributed by atoms with Gasteiger partial charge in [-0.2, -0.15) is 12.8 Å². The summed E-state index contributed by atoms with van der Waals surface area (Å²) in [4.78, 5) is 18.0. The molecule has 0 radical (unpaired) electrons. The number of carboxylic acids is 2. The molecule has 0 aliphatic rings. The van der Waals surface area contributed by atoms with Crippen molar-refractivity contribution < 1.29 is 39.3 Å². The number of hydrogen-bond donors (Lipinski definition) is 2. The molecule has 0 atom stereocenters. The molecule has 0 aliphatic carbocycles. The van der Waals surface area contributed by atoms with Crippen LogP contribution in [0.2, 0.25) is 0 Å². The molecule has 0 saturated carbocycles. The fourth-order valence-corrected chi connectivity index (χ4v) is 0. The SMILES string of the molecule is CC(=O)O.CC(=O)O.[CH2-]CCC.[CH2-]CCC.[Zn+2]. The molecule has 0 amide bonds. The Hall–Kier alpha value is -0.437. The minimum atomic E-state index is -0.833. The van der Waals surface area contributed by atoms with Crippen molar-refractivity contribution in [2.24, 2.45) is 0 Å². The number of aliphatic carboxylic acids is 2. The van der Waals surface area contributed by atoms with Crippen molar-refractivity contribution in [3.63, 3.8) is 0 Å². The van der Waals surface area contributed by atoms with Crippen molar-refractivity contribution in [1.82, 2.24) is 0 Å². The minimum Gasteiger partial charge on any atom is -0.481 e. The van der Waals surface area contributed by atoms with Crippen molar-refractivity contribution in [2.75, 3.05) is 0 Å². The number of hydrogen-bond acceptors (Lipinski definition) is 2. The van der Waals surface area contributed by atoms with Crippen LogP contribution in [0.25, 0.3) is 0 Å². The summed E-state index contributed by atoms with van der Waals surface area (Å²) in [5, 5.41) is 14.8. The van der Waals surface area contributed by atoms with Gasteiger partial charge in [0.1, 0.15) is 0 Å². The van der Waals surface area contributed by atoms with Crippen LogP contribution in [0.5, 0.6) is 0 Å². The van der Waals surface area contributed by atoms with E-state index in [9.17, 15) is 0 Å². The summed E-state index contributed by atoms with van der Waals surface area (Å²) in [6, 6.07) is 0. The van der Waals surface area contributed by atoms with Gasteiger partial charge in [-0.05, 0) is 0 Å². The Balaban J connectivity index is -0.0000000369. The van der Waals surface area contributed by atoms with E-state index in [0.717, 1.165) is 26.7 Å². The van der Waals surface area contributed by atoms with E-state index < -0.39 is 11.9 Å². The minimum absolute atomic E-state index is 0. The quantitative estimate of drug-likeness (QED) is 0.605. The summed E-state index contributed by atoms with van der Waals surface area (Å²) >= 11 is 0. The Morgan fingerprint density at radius 3 is 0.941 bits per heavy atom. The first-order valence-electron chi connectivity index (χ1n) is 5.27. The number of unbranched alkanes of at least 4 members (excludes halogenated alkanes) is 2. The normalized spacial score (nSPS) is 6.47. The first-order valence-corrected chi connectivity index (χ1v) is 5.27. The van der Waals surface area contributed by atoms with Gasteiger partial charge in [0.25, 0.3) is 11.9 Å². The van der Waals surface area contributed by atoms with Crippen molar-refractivity contribution in [2.45, 2.75) is 53.4 Å². The smallest absolute Gasteiger partial charge is 0.481 e. The first kappa shape index (κ1) is 30.0. The molecule has 0 saturated heterocycles. The van der Waals surface area contributed by atoms with E-state index in [4.69, 9.17) is 19.8 Å². The van der Waals surface area contributed by atoms with E-state index in [1.165, 1.54) is 12.8 Å². The molecule has 0 aromatic rings. The summed E-state index contributed by atoms with van der Waals surface area (Å²) in [5.74, 6) is -1.67. The molecule has 5 heteroatoms. The standard InChI is InChI=1S/2C4H9.2C2H4O2.Zn/c2*1-3-4-2;2*1-2(3)4;/h2*1,3-4H2,2H3;2*1H3,(H,3,4);/q2*-1;;;+2. The van der Waals surface area contributed by atoms with Gasteiger partial charge in [-0.25, -0.2) is 0 Å². The molecule has 2 N–H and O–H groups in total. The Bertz CT molecular complexity index is 110. The number of carbonyl (C=O) groups is 2. The zero-order valence-corrected chi connectivity index (χ0v) is 14.6. The molecule has 0 aliphatic heterocycles. The molecule has 4 nitrogen and oxygen atoms in total. The predicted molar refractivity (Wildman–Crippen MR) is 67.1 cm³/mol. The average Bonchev–Trinajstić information content (AvgIpc) is 2.16. The van der Waals surface area contributed by atoms with E-state index in [-0.39, 0.29) is 19.5 Å². The van der Waals surface area contributed by atoms with Crippen molar-refractivity contribution >= 4 is 11.9 Å². The van der Waals surface area contributed by atoms with Crippen LogP contribution in [-0.2, 0) is 29.1 Å². The van der Waals surface area contributed by atoms with Crippen LogP contribution < -0.4 is 0 Å².